The molecule has 1 aromatic rings. The minimum Gasteiger partial charge on any atom is -0.481 e. The lowest BCUT2D eigenvalue weighted by atomic mass is 10.0. The Bertz CT molecular complexity index is 739. The van der Waals surface area contributed by atoms with Crippen molar-refractivity contribution in [2.75, 3.05) is 19.8 Å². The fourth-order valence-electron chi connectivity index (χ4n) is 2.67. The molecular weight excluding hydrogens is 371 g/mol. The zero-order chi connectivity index (χ0) is 20.1. The third-order valence-electron chi connectivity index (χ3n) is 3.98. The molecular formula is C18H27N2O6P. The summed E-state index contributed by atoms with van der Waals surface area (Å²) >= 11 is 0. The number of carboxylic acids is 1. The smallest absolute Gasteiger partial charge is 0.382 e. The van der Waals surface area contributed by atoms with Crippen LogP contribution in [-0.4, -0.2) is 30.8 Å². The molecule has 0 bridgehead atoms. The lowest BCUT2D eigenvalue weighted by Gasteiger charge is -2.27. The molecule has 3 N–H and O–H groups in total. The fourth-order valence-corrected chi connectivity index (χ4v) is 4.40. The number of nitrogens with one attached hydrogen (secondary N) is 2. The molecule has 0 saturated carbocycles. The van der Waals surface area contributed by atoms with Gasteiger partial charge in [-0.2, -0.15) is 0 Å². The second-order valence-corrected chi connectivity index (χ2v) is 8.17. The first kappa shape index (κ1) is 21.3. The van der Waals surface area contributed by atoms with Gasteiger partial charge in [0.05, 0.1) is 19.6 Å². The molecule has 0 saturated heterocycles. The maximum atomic E-state index is 13.3. The highest BCUT2D eigenvalue weighted by Gasteiger charge is 2.46. The van der Waals surface area contributed by atoms with Crippen molar-refractivity contribution in [3.8, 4) is 0 Å². The third kappa shape index (κ3) is 5.03. The first-order valence-corrected chi connectivity index (χ1v) is 10.4. The number of aliphatic carboxylic acids is 1. The minimum absolute atomic E-state index is 0.109. The van der Waals surface area contributed by atoms with Gasteiger partial charge in [-0.3, -0.25) is 9.36 Å². The average Bonchev–Trinajstić information content (AvgIpc) is 2.94. The van der Waals surface area contributed by atoms with Crippen LogP contribution in [0, 0.1) is 6.92 Å². The van der Waals surface area contributed by atoms with E-state index < -0.39 is 19.3 Å². The zero-order valence-corrected chi connectivity index (χ0v) is 17.0. The first-order valence-electron chi connectivity index (χ1n) is 8.88. The van der Waals surface area contributed by atoms with Crippen molar-refractivity contribution in [3.05, 3.63) is 46.7 Å². The lowest BCUT2D eigenvalue weighted by molar-refractivity contribution is -0.136. The van der Waals surface area contributed by atoms with Crippen molar-refractivity contribution >= 4 is 13.6 Å². The van der Waals surface area contributed by atoms with Crippen LogP contribution in [0.4, 0.5) is 0 Å². The molecule has 2 rings (SSSR count). The van der Waals surface area contributed by atoms with E-state index in [0.717, 1.165) is 11.1 Å². The highest BCUT2D eigenvalue weighted by Crippen LogP contribution is 2.58. The van der Waals surface area contributed by atoms with Crippen LogP contribution in [0.2, 0.25) is 0 Å². The summed E-state index contributed by atoms with van der Waals surface area (Å²) in [6.45, 7) is 7.70. The van der Waals surface area contributed by atoms with Crippen molar-refractivity contribution in [2.24, 2.45) is 0 Å². The van der Waals surface area contributed by atoms with Gasteiger partial charge in [0.2, 0.25) is 11.6 Å². The Morgan fingerprint density at radius 1 is 1.26 bits per heavy atom. The van der Waals surface area contributed by atoms with Crippen LogP contribution in [0.15, 0.2) is 35.6 Å². The topological polar surface area (TPSA) is 106 Å². The van der Waals surface area contributed by atoms with Gasteiger partial charge in [-0.15, -0.1) is 0 Å². The van der Waals surface area contributed by atoms with Gasteiger partial charge in [-0.05, 0) is 27.7 Å². The summed E-state index contributed by atoms with van der Waals surface area (Å²) in [5, 5.41) is 14.9. The molecule has 0 spiro atoms. The van der Waals surface area contributed by atoms with E-state index in [4.69, 9.17) is 18.9 Å². The maximum absolute atomic E-state index is 13.3. The molecule has 0 radical (unpaired) electrons. The molecule has 1 aromatic carbocycles. The standard InChI is InChI=1S/C18H27N2O6P/c1-5-24-27(23,25-6-2)17-16(19-12-11-15(21)22)26-18(4,20-17)14-9-7-13(3)8-10-14/h7-10,19-20H,5-6,11-12H2,1-4H3,(H,21,22). The molecule has 9 heteroatoms. The van der Waals surface area contributed by atoms with Gasteiger partial charge >= 0.3 is 13.6 Å². The van der Waals surface area contributed by atoms with Crippen LogP contribution in [0.5, 0.6) is 0 Å². The Kier molecular flexibility index (Phi) is 6.92. The van der Waals surface area contributed by atoms with Gasteiger partial charge in [-0.1, -0.05) is 29.8 Å². The van der Waals surface area contributed by atoms with Crippen LogP contribution in [-0.2, 0) is 28.9 Å². The summed E-state index contributed by atoms with van der Waals surface area (Å²) in [7, 11) is -3.66. The van der Waals surface area contributed by atoms with Crippen LogP contribution in [0.25, 0.3) is 0 Å². The number of ether oxygens (including phenoxy) is 1. The molecule has 1 heterocycles. The van der Waals surface area contributed by atoms with Crippen LogP contribution in [0.1, 0.15) is 38.3 Å². The molecule has 0 aromatic heterocycles. The molecule has 1 aliphatic rings. The fraction of sp³-hybridized carbons (Fsp3) is 0.500. The Balaban J connectivity index is 2.36. The van der Waals surface area contributed by atoms with Crippen molar-refractivity contribution < 1.29 is 28.3 Å². The summed E-state index contributed by atoms with van der Waals surface area (Å²) in [4.78, 5) is 10.8. The van der Waals surface area contributed by atoms with E-state index in [-0.39, 0.29) is 37.5 Å². The second kappa shape index (κ2) is 8.78. The predicted molar refractivity (Wildman–Crippen MR) is 101 cm³/mol. The Labute approximate surface area is 159 Å². The number of hydrogen-bond acceptors (Lipinski definition) is 7. The summed E-state index contributed by atoms with van der Waals surface area (Å²) in [5.74, 6) is -0.778. The van der Waals surface area contributed by atoms with Gasteiger partial charge < -0.3 is 29.5 Å². The molecule has 0 fully saturated rings. The molecule has 150 valence electrons. The molecule has 0 amide bonds. The van der Waals surface area contributed by atoms with Gasteiger partial charge in [0.15, 0.2) is 5.44 Å². The molecule has 8 nitrogen and oxygen atoms in total. The van der Waals surface area contributed by atoms with E-state index >= 15 is 0 Å². The van der Waals surface area contributed by atoms with E-state index in [9.17, 15) is 9.36 Å². The predicted octanol–water partition coefficient (Wildman–Crippen LogP) is 3.24. The molecule has 1 aliphatic heterocycles. The SMILES string of the molecule is CCOP(=O)(OCC)C1=C(NCCC(=O)O)OC(C)(c2ccc(C)cc2)N1. The zero-order valence-electron chi connectivity index (χ0n) is 16.1. The van der Waals surface area contributed by atoms with Crippen molar-refractivity contribution in [1.82, 2.24) is 10.6 Å². The van der Waals surface area contributed by atoms with Gasteiger partial charge in [0.1, 0.15) is 0 Å². The van der Waals surface area contributed by atoms with E-state index in [1.807, 2.05) is 31.2 Å². The summed E-state index contributed by atoms with van der Waals surface area (Å²) in [5.41, 5.74) is 1.08. The van der Waals surface area contributed by atoms with Gasteiger partial charge in [-0.25, -0.2) is 0 Å². The van der Waals surface area contributed by atoms with Gasteiger partial charge in [0.25, 0.3) is 0 Å². The second-order valence-electron chi connectivity index (χ2n) is 6.21. The third-order valence-corrected chi connectivity index (χ3v) is 6.04. The number of hydrogen-bond donors (Lipinski definition) is 3. The monoisotopic (exact) mass is 398 g/mol. The minimum atomic E-state index is -3.66. The first-order chi connectivity index (χ1) is 12.7. The van der Waals surface area contributed by atoms with Crippen molar-refractivity contribution in [1.29, 1.82) is 0 Å². The summed E-state index contributed by atoms with van der Waals surface area (Å²) < 4.78 is 30.2. The number of carboxylic acid groups (broad SMARTS) is 1. The number of benzene rings is 1. The lowest BCUT2D eigenvalue weighted by Crippen LogP contribution is -2.36. The van der Waals surface area contributed by atoms with Crippen LogP contribution >= 0.6 is 7.60 Å². The largest absolute Gasteiger partial charge is 0.481 e. The van der Waals surface area contributed by atoms with E-state index in [0.29, 0.717) is 0 Å². The average molecular weight is 398 g/mol. The summed E-state index contributed by atoms with van der Waals surface area (Å²) in [6, 6.07) is 7.72. The number of carbonyl (C=O) groups is 1. The molecule has 1 unspecified atom stereocenters. The quantitative estimate of drug-likeness (QED) is 0.516. The van der Waals surface area contributed by atoms with Crippen molar-refractivity contribution in [2.45, 2.75) is 39.8 Å². The van der Waals surface area contributed by atoms with E-state index in [1.165, 1.54) is 0 Å². The summed E-state index contributed by atoms with van der Waals surface area (Å²) in [6.07, 6.45) is -0.116. The Hall–Kier alpha value is -2.02. The van der Waals surface area contributed by atoms with Crippen LogP contribution < -0.4 is 10.6 Å². The van der Waals surface area contributed by atoms with Gasteiger partial charge in [0, 0.05) is 12.1 Å². The number of rotatable bonds is 10. The Morgan fingerprint density at radius 2 is 1.85 bits per heavy atom. The highest BCUT2D eigenvalue weighted by atomic mass is 31.2. The normalized spacial score (nSPS) is 19.6. The van der Waals surface area contributed by atoms with E-state index in [1.54, 1.807) is 20.8 Å². The van der Waals surface area contributed by atoms with E-state index in [2.05, 4.69) is 10.6 Å². The molecule has 1 atom stereocenters. The maximum Gasteiger partial charge on any atom is 0.382 e. The Morgan fingerprint density at radius 3 is 2.37 bits per heavy atom. The van der Waals surface area contributed by atoms with Crippen LogP contribution in [0.3, 0.4) is 0 Å². The highest BCUT2D eigenvalue weighted by molar-refractivity contribution is 7.58. The van der Waals surface area contributed by atoms with Crippen molar-refractivity contribution in [3.63, 3.8) is 0 Å². The molecule has 0 aliphatic carbocycles. The molecule has 27 heavy (non-hydrogen) atoms. The number of aryl methyl sites for hydroxylation is 1.